The van der Waals surface area contributed by atoms with Crippen molar-refractivity contribution in [2.24, 2.45) is 0 Å². The molecule has 2 atom stereocenters. The molecule has 1 rings (SSSR count). The summed E-state index contributed by atoms with van der Waals surface area (Å²) in [5, 5.41) is 18.8. The monoisotopic (exact) mass is 177 g/mol. The van der Waals surface area contributed by atoms with Crippen LogP contribution in [0.1, 0.15) is 0 Å². The van der Waals surface area contributed by atoms with Crippen molar-refractivity contribution in [2.45, 2.75) is 11.9 Å². The average Bonchev–Trinajstić information content (AvgIpc) is 2.00. The summed E-state index contributed by atoms with van der Waals surface area (Å²) in [6.07, 6.45) is -0.227. The molecule has 4 nitrogen and oxygen atoms in total. The van der Waals surface area contributed by atoms with E-state index in [2.05, 4.69) is 0 Å². The third kappa shape index (κ3) is 1.10. The fraction of sp³-hybridized carbons (Fsp3) is 0.333. The number of nitrogens with zero attached hydrogens (tertiary/aromatic N) is 1. The highest BCUT2D eigenvalue weighted by Gasteiger charge is 2.52. The van der Waals surface area contributed by atoms with Crippen LogP contribution in [-0.4, -0.2) is 21.9 Å². The maximum Gasteiger partial charge on any atom is 0.409 e. The van der Waals surface area contributed by atoms with Crippen LogP contribution < -0.4 is 0 Å². The first-order valence-electron chi connectivity index (χ1n) is 3.05. The Hall–Kier alpha value is -1.30. The van der Waals surface area contributed by atoms with E-state index in [0.717, 1.165) is 12.2 Å². The van der Waals surface area contributed by atoms with E-state index >= 15 is 0 Å². The van der Waals surface area contributed by atoms with Crippen molar-refractivity contribution in [3.63, 3.8) is 0 Å². The van der Waals surface area contributed by atoms with E-state index in [1.807, 2.05) is 0 Å². The van der Waals surface area contributed by atoms with Gasteiger partial charge in [-0.1, -0.05) is 6.08 Å². The van der Waals surface area contributed by atoms with E-state index in [-0.39, 0.29) is 0 Å². The lowest BCUT2D eigenvalue weighted by molar-refractivity contribution is -0.601. The molecule has 0 aromatic carbocycles. The van der Waals surface area contributed by atoms with Crippen LogP contribution in [0.3, 0.4) is 0 Å². The number of aliphatic hydroxyl groups excluding tert-OH is 1. The second-order valence-electron chi connectivity index (χ2n) is 2.30. The molecule has 0 bridgehead atoms. The van der Waals surface area contributed by atoms with Crippen LogP contribution in [0, 0.1) is 10.1 Å². The Labute approximate surface area is 66.0 Å². The number of hydrogen-bond acceptors (Lipinski definition) is 3. The van der Waals surface area contributed by atoms with Gasteiger partial charge in [-0.2, -0.15) is 4.39 Å². The number of rotatable bonds is 1. The Kier molecular flexibility index (Phi) is 1.93. The minimum atomic E-state index is -3.24. The van der Waals surface area contributed by atoms with Gasteiger partial charge in [0, 0.05) is 6.08 Å². The molecule has 0 radical (unpaired) electrons. The van der Waals surface area contributed by atoms with Crippen molar-refractivity contribution in [3.05, 3.63) is 34.2 Å². The first-order valence-corrected chi connectivity index (χ1v) is 3.05. The van der Waals surface area contributed by atoms with Crippen molar-refractivity contribution in [1.82, 2.24) is 0 Å². The summed E-state index contributed by atoms with van der Waals surface area (Å²) in [5.41, 5.74) is 0. The van der Waals surface area contributed by atoms with Crippen molar-refractivity contribution >= 4 is 0 Å². The fourth-order valence-electron chi connectivity index (χ4n) is 0.811. The Morgan fingerprint density at radius 1 is 1.75 bits per heavy atom. The molecule has 0 amide bonds. The predicted molar refractivity (Wildman–Crippen MR) is 35.2 cm³/mol. The molecule has 0 saturated carbocycles. The van der Waals surface area contributed by atoms with Gasteiger partial charge in [0.15, 0.2) is 0 Å². The smallest absolute Gasteiger partial charge is 0.376 e. The van der Waals surface area contributed by atoms with Gasteiger partial charge in [-0.25, -0.2) is 4.39 Å². The van der Waals surface area contributed by atoms with Gasteiger partial charge in [0.05, 0.1) is 4.92 Å². The summed E-state index contributed by atoms with van der Waals surface area (Å²) in [7, 11) is 0. The van der Waals surface area contributed by atoms with Crippen molar-refractivity contribution in [2.75, 3.05) is 0 Å². The fourth-order valence-corrected chi connectivity index (χ4v) is 0.811. The van der Waals surface area contributed by atoms with Gasteiger partial charge in [0.1, 0.15) is 5.83 Å². The van der Waals surface area contributed by atoms with Gasteiger partial charge in [0.2, 0.25) is 6.10 Å². The molecule has 0 spiro atoms. The Bertz CT molecular complexity index is 276. The third-order valence-electron chi connectivity index (χ3n) is 1.51. The van der Waals surface area contributed by atoms with Gasteiger partial charge in [0.25, 0.3) is 0 Å². The van der Waals surface area contributed by atoms with Crippen LogP contribution in [0.2, 0.25) is 0 Å². The standard InChI is InChI=1S/C6H5F2NO3/c7-4-2-1-3-6(8,5(4)10)9(11)12/h1-3,5,10H. The molecule has 1 N–H and O–H groups in total. The molecule has 0 fully saturated rings. The topological polar surface area (TPSA) is 63.4 Å². The summed E-state index contributed by atoms with van der Waals surface area (Å²) < 4.78 is 25.5. The molecule has 0 aromatic rings. The Morgan fingerprint density at radius 3 is 2.75 bits per heavy atom. The molecule has 1 aliphatic carbocycles. The molecule has 12 heavy (non-hydrogen) atoms. The Balaban J connectivity index is 3.03. The maximum absolute atomic E-state index is 13.0. The Morgan fingerprint density at radius 2 is 2.33 bits per heavy atom. The van der Waals surface area contributed by atoms with Crippen molar-refractivity contribution in [3.8, 4) is 0 Å². The minimum absolute atomic E-state index is 0.501. The second kappa shape index (κ2) is 2.63. The van der Waals surface area contributed by atoms with E-state index in [0.29, 0.717) is 6.08 Å². The van der Waals surface area contributed by atoms with Crippen LogP contribution in [0.5, 0.6) is 0 Å². The molecule has 0 saturated heterocycles. The molecule has 0 aliphatic heterocycles. The highest BCUT2D eigenvalue weighted by molar-refractivity contribution is 5.23. The number of aliphatic hydroxyl groups is 1. The van der Waals surface area contributed by atoms with Gasteiger partial charge < -0.3 is 5.11 Å². The zero-order chi connectivity index (χ0) is 9.35. The van der Waals surface area contributed by atoms with Crippen LogP contribution in [0.15, 0.2) is 24.1 Å². The first-order chi connectivity index (χ1) is 5.48. The summed E-state index contributed by atoms with van der Waals surface area (Å²) in [6, 6.07) is 0. The van der Waals surface area contributed by atoms with Crippen molar-refractivity contribution < 1.29 is 18.8 Å². The number of alkyl halides is 1. The van der Waals surface area contributed by atoms with E-state index in [1.165, 1.54) is 0 Å². The molecular weight excluding hydrogens is 172 g/mol. The third-order valence-corrected chi connectivity index (χ3v) is 1.51. The van der Waals surface area contributed by atoms with Gasteiger partial charge in [-0.15, -0.1) is 0 Å². The summed E-state index contributed by atoms with van der Waals surface area (Å²) in [5.74, 6) is -4.49. The van der Waals surface area contributed by atoms with E-state index in [1.54, 1.807) is 0 Å². The summed E-state index contributed by atoms with van der Waals surface area (Å²) in [4.78, 5) is 8.68. The maximum atomic E-state index is 13.0. The van der Waals surface area contributed by atoms with Crippen molar-refractivity contribution in [1.29, 1.82) is 0 Å². The molecule has 66 valence electrons. The van der Waals surface area contributed by atoms with Crippen LogP contribution in [0.4, 0.5) is 8.78 Å². The van der Waals surface area contributed by atoms with Crippen LogP contribution in [-0.2, 0) is 0 Å². The molecule has 6 heteroatoms. The van der Waals surface area contributed by atoms with E-state index in [9.17, 15) is 18.9 Å². The van der Waals surface area contributed by atoms with E-state index < -0.39 is 22.6 Å². The largest absolute Gasteiger partial charge is 0.409 e. The predicted octanol–water partition coefficient (Wildman–Crippen LogP) is 0.713. The SMILES string of the molecule is O=[N+]([O-])C1(F)C=CC=C(F)C1O. The first kappa shape index (κ1) is 8.79. The minimum Gasteiger partial charge on any atom is -0.376 e. The highest BCUT2D eigenvalue weighted by atomic mass is 19.2. The quantitative estimate of drug-likeness (QED) is 0.364. The average molecular weight is 177 g/mol. The number of hydrogen-bond donors (Lipinski definition) is 1. The summed E-state index contributed by atoms with van der Waals surface area (Å²) >= 11 is 0. The molecule has 2 unspecified atom stereocenters. The molecule has 0 aromatic heterocycles. The molecule has 1 aliphatic rings. The van der Waals surface area contributed by atoms with E-state index in [4.69, 9.17) is 5.11 Å². The van der Waals surface area contributed by atoms with Gasteiger partial charge in [-0.3, -0.25) is 10.1 Å². The summed E-state index contributed by atoms with van der Waals surface area (Å²) in [6.45, 7) is 0. The lowest BCUT2D eigenvalue weighted by Crippen LogP contribution is -2.45. The van der Waals surface area contributed by atoms with Crippen LogP contribution in [0.25, 0.3) is 0 Å². The lowest BCUT2D eigenvalue weighted by Gasteiger charge is -2.19. The molecular formula is C6H5F2NO3. The second-order valence-corrected chi connectivity index (χ2v) is 2.30. The van der Waals surface area contributed by atoms with Crippen LogP contribution >= 0.6 is 0 Å². The number of nitro groups is 1. The highest BCUT2D eigenvalue weighted by Crippen LogP contribution is 2.28. The zero-order valence-corrected chi connectivity index (χ0v) is 5.78. The number of allylic oxidation sites excluding steroid dienone is 2. The zero-order valence-electron chi connectivity index (χ0n) is 5.78. The van der Waals surface area contributed by atoms with Gasteiger partial charge >= 0.3 is 5.79 Å². The molecule has 0 heterocycles. The van der Waals surface area contributed by atoms with Gasteiger partial charge in [-0.05, 0) is 6.08 Å². The lowest BCUT2D eigenvalue weighted by atomic mass is 10.0. The normalized spacial score (nSPS) is 34.6. The number of halogens is 2.